The molecule has 2 aliphatic carbocycles. The van der Waals surface area contributed by atoms with Crippen molar-refractivity contribution in [2.75, 3.05) is 0 Å². The summed E-state index contributed by atoms with van der Waals surface area (Å²) in [5, 5.41) is 18.6. The van der Waals surface area contributed by atoms with E-state index in [1.165, 1.54) is 47.3 Å². The number of rotatable bonds is 0. The average molecular weight is 537 g/mol. The van der Waals surface area contributed by atoms with Gasteiger partial charge in [-0.05, 0) is 76.9 Å². The van der Waals surface area contributed by atoms with Gasteiger partial charge in [-0.3, -0.25) is 0 Å². The number of phenols is 2. The first-order valence-corrected chi connectivity index (χ1v) is 10.5. The van der Waals surface area contributed by atoms with Crippen molar-refractivity contribution in [1.29, 1.82) is 0 Å². The standard InChI is InChI=1S/2C7H10.2C6H5ClO.Zr/c2*1-6-3-4-7(2)5-6;2*7-5-2-1-3-6(8)4-5;/h2*3,5H,4H2,1-2H3;2*1-4,8H;. The molecule has 2 aromatic rings. The number of hydrogen-bond acceptors (Lipinski definition) is 2. The maximum Gasteiger partial charge on any atom is 0.117 e. The monoisotopic (exact) mass is 534 g/mol. The van der Waals surface area contributed by atoms with E-state index in [2.05, 4.69) is 52.0 Å². The number of phenolic OH excluding ortho intramolecular Hbond substituents is 2. The van der Waals surface area contributed by atoms with E-state index < -0.39 is 0 Å². The first-order chi connectivity index (χ1) is 14.2. The molecule has 0 atom stereocenters. The summed E-state index contributed by atoms with van der Waals surface area (Å²) in [5.74, 6) is 0.412. The second-order valence-corrected chi connectivity index (χ2v) is 8.12. The van der Waals surface area contributed by atoms with Crippen LogP contribution in [0.25, 0.3) is 0 Å². The third-order valence-electron chi connectivity index (χ3n) is 4.06. The van der Waals surface area contributed by atoms with Gasteiger partial charge in [-0.25, -0.2) is 0 Å². The van der Waals surface area contributed by atoms with E-state index in [0.717, 1.165) is 0 Å². The summed E-state index contributed by atoms with van der Waals surface area (Å²) >= 11 is 11.0. The molecule has 2 aliphatic rings. The number of benzene rings is 2. The first kappa shape index (κ1) is 29.5. The van der Waals surface area contributed by atoms with Crippen molar-refractivity contribution < 1.29 is 36.4 Å². The van der Waals surface area contributed by atoms with Crippen LogP contribution in [0.5, 0.6) is 11.5 Å². The van der Waals surface area contributed by atoms with E-state index in [0.29, 0.717) is 10.0 Å². The predicted molar refractivity (Wildman–Crippen MR) is 130 cm³/mol. The van der Waals surface area contributed by atoms with Crippen LogP contribution in [-0.4, -0.2) is 10.2 Å². The Morgan fingerprint density at radius 3 is 1.13 bits per heavy atom. The van der Waals surface area contributed by atoms with Gasteiger partial charge in [0.15, 0.2) is 0 Å². The summed E-state index contributed by atoms with van der Waals surface area (Å²) < 4.78 is 0. The zero-order valence-corrected chi connectivity index (χ0v) is 22.5. The molecule has 0 saturated heterocycles. The smallest absolute Gasteiger partial charge is 0.117 e. The third kappa shape index (κ3) is 15.0. The normalized spacial score (nSPS) is 13.4. The second-order valence-electron chi connectivity index (χ2n) is 7.25. The molecule has 5 heteroatoms. The van der Waals surface area contributed by atoms with Gasteiger partial charge in [0.25, 0.3) is 0 Å². The third-order valence-corrected chi connectivity index (χ3v) is 4.53. The molecule has 2 aromatic carbocycles. The minimum Gasteiger partial charge on any atom is -0.508 e. The minimum atomic E-state index is 0. The molecule has 0 spiro atoms. The molecule has 0 radical (unpaired) electrons. The van der Waals surface area contributed by atoms with Gasteiger partial charge in [-0.2, -0.15) is 0 Å². The quantitative estimate of drug-likeness (QED) is 0.354. The molecule has 2 nitrogen and oxygen atoms in total. The van der Waals surface area contributed by atoms with Crippen LogP contribution in [-0.2, 0) is 26.2 Å². The molecule has 0 saturated carbocycles. The van der Waals surface area contributed by atoms with Crippen LogP contribution in [0.4, 0.5) is 0 Å². The molecule has 0 heterocycles. The van der Waals surface area contributed by atoms with Gasteiger partial charge in [0.2, 0.25) is 0 Å². The van der Waals surface area contributed by atoms with E-state index in [-0.39, 0.29) is 37.7 Å². The molecular weight excluding hydrogens is 506 g/mol. The molecule has 0 aliphatic heterocycles. The maximum absolute atomic E-state index is 8.73. The zero-order chi connectivity index (χ0) is 22.5. The van der Waals surface area contributed by atoms with Crippen LogP contribution in [0, 0.1) is 0 Å². The zero-order valence-electron chi connectivity index (χ0n) is 18.5. The molecule has 0 unspecified atom stereocenters. The van der Waals surface area contributed by atoms with Gasteiger partial charge < -0.3 is 10.2 Å². The van der Waals surface area contributed by atoms with Crippen molar-refractivity contribution in [3.8, 4) is 11.5 Å². The second kappa shape index (κ2) is 16.1. The topological polar surface area (TPSA) is 40.5 Å². The number of halogens is 2. The van der Waals surface area contributed by atoms with E-state index in [4.69, 9.17) is 33.4 Å². The van der Waals surface area contributed by atoms with Gasteiger partial charge in [0, 0.05) is 36.2 Å². The molecule has 0 amide bonds. The van der Waals surface area contributed by atoms with E-state index in [9.17, 15) is 0 Å². The van der Waals surface area contributed by atoms with Gasteiger partial charge >= 0.3 is 0 Å². The van der Waals surface area contributed by atoms with Gasteiger partial charge in [-0.1, -0.05) is 81.9 Å². The molecule has 2 N–H and O–H groups in total. The fourth-order valence-corrected chi connectivity index (χ4v) is 2.98. The fraction of sp³-hybridized carbons (Fsp3) is 0.231. The van der Waals surface area contributed by atoms with Crippen molar-refractivity contribution in [3.05, 3.63) is 105 Å². The molecule has 0 fully saturated rings. The molecule has 31 heavy (non-hydrogen) atoms. The number of allylic oxidation sites excluding steroid dienone is 8. The van der Waals surface area contributed by atoms with Crippen LogP contribution in [0.3, 0.4) is 0 Å². The Kier molecular flexibility index (Phi) is 15.3. The average Bonchev–Trinajstić information content (AvgIpc) is 3.22. The van der Waals surface area contributed by atoms with Gasteiger partial charge in [-0.15, -0.1) is 0 Å². The van der Waals surface area contributed by atoms with E-state index >= 15 is 0 Å². The van der Waals surface area contributed by atoms with Gasteiger partial charge in [0.1, 0.15) is 11.5 Å². The summed E-state index contributed by atoms with van der Waals surface area (Å²) in [5.41, 5.74) is 5.80. The summed E-state index contributed by atoms with van der Waals surface area (Å²) in [6.45, 7) is 8.59. The van der Waals surface area contributed by atoms with Crippen molar-refractivity contribution in [2.45, 2.75) is 40.5 Å². The molecule has 164 valence electrons. The molecular formula is C26H30Cl2O2Zr. The Morgan fingerprint density at radius 2 is 1.00 bits per heavy atom. The van der Waals surface area contributed by atoms with Crippen LogP contribution in [0.1, 0.15) is 40.5 Å². The minimum absolute atomic E-state index is 0. The SMILES string of the molecule is CC1=CCC(C)=C1.CC1=CCC(C)=C1.Oc1cccc(Cl)c1.Oc1cccc(Cl)c1.[Zr]. The van der Waals surface area contributed by atoms with Crippen LogP contribution >= 0.6 is 23.2 Å². The Morgan fingerprint density at radius 1 is 0.645 bits per heavy atom. The van der Waals surface area contributed by atoms with E-state index in [1.807, 2.05) is 0 Å². The Balaban J connectivity index is 0.000000384. The largest absolute Gasteiger partial charge is 0.508 e. The van der Waals surface area contributed by atoms with Crippen molar-refractivity contribution in [1.82, 2.24) is 0 Å². The Bertz CT molecular complexity index is 832. The number of hydrogen-bond donors (Lipinski definition) is 2. The van der Waals surface area contributed by atoms with Crippen molar-refractivity contribution in [2.24, 2.45) is 0 Å². The molecule has 0 aromatic heterocycles. The first-order valence-electron chi connectivity index (χ1n) is 9.72. The summed E-state index contributed by atoms with van der Waals surface area (Å²) in [7, 11) is 0. The summed E-state index contributed by atoms with van der Waals surface area (Å²) in [6.07, 6.45) is 11.3. The fourth-order valence-electron chi connectivity index (χ4n) is 2.61. The summed E-state index contributed by atoms with van der Waals surface area (Å²) in [4.78, 5) is 0. The van der Waals surface area contributed by atoms with Crippen molar-refractivity contribution >= 4 is 23.2 Å². The van der Waals surface area contributed by atoms with Gasteiger partial charge in [0.05, 0.1) is 0 Å². The van der Waals surface area contributed by atoms with Crippen LogP contribution in [0.15, 0.2) is 95.1 Å². The molecule has 0 bridgehead atoms. The molecule has 4 rings (SSSR count). The van der Waals surface area contributed by atoms with Crippen molar-refractivity contribution in [3.63, 3.8) is 0 Å². The Hall–Kier alpha value is -1.54. The van der Waals surface area contributed by atoms with Crippen LogP contribution < -0.4 is 0 Å². The maximum atomic E-state index is 8.73. The Labute approximate surface area is 215 Å². The number of aromatic hydroxyl groups is 2. The predicted octanol–water partition coefficient (Wildman–Crippen LogP) is 8.65. The van der Waals surface area contributed by atoms with Crippen LogP contribution in [0.2, 0.25) is 10.0 Å². The van der Waals surface area contributed by atoms with E-state index in [1.54, 1.807) is 36.4 Å². The summed E-state index contributed by atoms with van der Waals surface area (Å²) in [6, 6.07) is 12.9.